The van der Waals surface area contributed by atoms with Gasteiger partial charge < -0.3 is 10.6 Å². The van der Waals surface area contributed by atoms with Gasteiger partial charge in [0.1, 0.15) is 11.8 Å². The Hall–Kier alpha value is -2.17. The van der Waals surface area contributed by atoms with Crippen molar-refractivity contribution in [1.29, 1.82) is 0 Å². The van der Waals surface area contributed by atoms with Crippen LogP contribution in [0.25, 0.3) is 0 Å². The van der Waals surface area contributed by atoms with E-state index in [0.717, 1.165) is 11.1 Å². The molecule has 0 saturated carbocycles. The Labute approximate surface area is 111 Å². The maximum atomic E-state index is 12.0. The topological polar surface area (TPSA) is 80.5 Å². The predicted octanol–water partition coefficient (Wildman–Crippen LogP) is 0.404. The molecule has 1 aliphatic heterocycles. The monoisotopic (exact) mass is 260 g/mol. The molecule has 19 heavy (non-hydrogen) atoms. The van der Waals surface area contributed by atoms with E-state index in [9.17, 15) is 14.4 Å². The molecule has 2 N–H and O–H groups in total. The van der Waals surface area contributed by atoms with Crippen molar-refractivity contribution >= 4 is 17.6 Å². The number of ketones is 1. The lowest BCUT2D eigenvalue weighted by Gasteiger charge is -2.35. The maximum Gasteiger partial charge on any atom is 0.240 e. The fraction of sp³-hybridized carbons (Fsp3) is 0.357. The fourth-order valence-electron chi connectivity index (χ4n) is 2.35. The van der Waals surface area contributed by atoms with Crippen LogP contribution >= 0.6 is 0 Å². The molecule has 0 aliphatic carbocycles. The van der Waals surface area contributed by atoms with Gasteiger partial charge in [-0.1, -0.05) is 24.3 Å². The van der Waals surface area contributed by atoms with Gasteiger partial charge in [0.2, 0.25) is 11.8 Å². The van der Waals surface area contributed by atoms with Gasteiger partial charge in [-0.05, 0) is 18.1 Å². The number of hydrogen-bond acceptors (Lipinski definition) is 3. The largest absolute Gasteiger partial charge is 0.368 e. The van der Waals surface area contributed by atoms with Crippen LogP contribution in [0, 0.1) is 0 Å². The highest BCUT2D eigenvalue weighted by molar-refractivity contribution is 5.98. The summed E-state index contributed by atoms with van der Waals surface area (Å²) < 4.78 is 0. The number of benzene rings is 1. The summed E-state index contributed by atoms with van der Waals surface area (Å²) in [5.74, 6) is -1.09. The summed E-state index contributed by atoms with van der Waals surface area (Å²) in [6, 6.07) is 6.96. The number of amides is 2. The molecular weight excluding hydrogens is 244 g/mol. The van der Waals surface area contributed by atoms with Gasteiger partial charge in [-0.3, -0.25) is 14.4 Å². The Morgan fingerprint density at radius 1 is 1.26 bits per heavy atom. The van der Waals surface area contributed by atoms with Crippen LogP contribution in [0.15, 0.2) is 24.3 Å². The highest BCUT2D eigenvalue weighted by Crippen LogP contribution is 2.23. The average Bonchev–Trinajstić information content (AvgIpc) is 2.36. The number of carbonyl (C=O) groups excluding carboxylic acids is 3. The molecular formula is C14H16N2O3. The first-order valence-electron chi connectivity index (χ1n) is 6.14. The quantitative estimate of drug-likeness (QED) is 0.799. The van der Waals surface area contributed by atoms with E-state index < -0.39 is 11.9 Å². The number of primary amides is 1. The molecule has 2 rings (SSSR count). The van der Waals surface area contributed by atoms with Crippen LogP contribution in [0.4, 0.5) is 0 Å². The van der Waals surface area contributed by atoms with Gasteiger partial charge in [0, 0.05) is 13.0 Å². The van der Waals surface area contributed by atoms with Crippen molar-refractivity contribution in [3.05, 3.63) is 35.4 Å². The Balaban J connectivity index is 2.29. The Morgan fingerprint density at radius 2 is 1.89 bits per heavy atom. The van der Waals surface area contributed by atoms with Crippen molar-refractivity contribution in [2.45, 2.75) is 32.4 Å². The van der Waals surface area contributed by atoms with Gasteiger partial charge in [-0.15, -0.1) is 0 Å². The second-order valence-corrected chi connectivity index (χ2v) is 4.79. The van der Waals surface area contributed by atoms with Crippen LogP contribution in [0.3, 0.4) is 0 Å². The highest BCUT2D eigenvalue weighted by atomic mass is 16.2. The van der Waals surface area contributed by atoms with Crippen molar-refractivity contribution in [1.82, 2.24) is 4.90 Å². The number of nitrogens with two attached hydrogens (primary N) is 1. The van der Waals surface area contributed by atoms with E-state index in [1.54, 1.807) is 0 Å². The zero-order chi connectivity index (χ0) is 14.0. The molecule has 0 radical (unpaired) electrons. The number of hydrogen-bond donors (Lipinski definition) is 1. The van der Waals surface area contributed by atoms with E-state index in [2.05, 4.69) is 0 Å². The molecule has 0 aromatic heterocycles. The zero-order valence-electron chi connectivity index (χ0n) is 10.8. The summed E-state index contributed by atoms with van der Waals surface area (Å²) in [6.45, 7) is 1.69. The summed E-state index contributed by atoms with van der Waals surface area (Å²) in [6.07, 6.45) is 0.223. The summed E-state index contributed by atoms with van der Waals surface area (Å²) >= 11 is 0. The molecule has 1 aliphatic rings. The lowest BCUT2D eigenvalue weighted by Crippen LogP contribution is -2.51. The predicted molar refractivity (Wildman–Crippen MR) is 69.0 cm³/mol. The minimum Gasteiger partial charge on any atom is -0.368 e. The molecule has 0 spiro atoms. The summed E-state index contributed by atoms with van der Waals surface area (Å²) in [4.78, 5) is 36.0. The molecule has 0 fully saturated rings. The molecule has 1 atom stereocenters. The molecule has 0 bridgehead atoms. The minimum atomic E-state index is -0.665. The Morgan fingerprint density at radius 3 is 2.47 bits per heavy atom. The zero-order valence-corrected chi connectivity index (χ0v) is 10.8. The third-order valence-corrected chi connectivity index (χ3v) is 3.30. The molecule has 100 valence electrons. The standard InChI is InChI=1S/C14H16N2O3/c1-9(17)6-13(18)16-8-11-5-3-2-4-10(11)7-12(16)14(15)19/h2-5,12H,6-8H2,1H3,(H2,15,19)/t12-/m0/s1. The van der Waals surface area contributed by atoms with Gasteiger partial charge in [-0.25, -0.2) is 0 Å². The minimum absolute atomic E-state index is 0.189. The van der Waals surface area contributed by atoms with Crippen molar-refractivity contribution in [3.8, 4) is 0 Å². The van der Waals surface area contributed by atoms with Crippen molar-refractivity contribution < 1.29 is 14.4 Å². The lowest BCUT2D eigenvalue weighted by molar-refractivity contribution is -0.142. The Bertz CT molecular complexity index is 539. The van der Waals surface area contributed by atoms with Gasteiger partial charge >= 0.3 is 0 Å². The summed E-state index contributed by atoms with van der Waals surface area (Å²) in [5, 5.41) is 0. The second-order valence-electron chi connectivity index (χ2n) is 4.79. The molecule has 5 heteroatoms. The number of carbonyl (C=O) groups is 3. The van der Waals surface area contributed by atoms with E-state index in [4.69, 9.17) is 5.73 Å². The SMILES string of the molecule is CC(=O)CC(=O)N1Cc2ccccc2C[C@H]1C(N)=O. The summed E-state index contributed by atoms with van der Waals surface area (Å²) in [7, 11) is 0. The van der Waals surface area contributed by atoms with Gasteiger partial charge in [-0.2, -0.15) is 0 Å². The number of nitrogens with zero attached hydrogens (tertiary/aromatic N) is 1. The molecule has 1 aromatic rings. The van der Waals surface area contributed by atoms with Crippen molar-refractivity contribution in [2.24, 2.45) is 5.73 Å². The van der Waals surface area contributed by atoms with Gasteiger partial charge in [0.05, 0.1) is 6.42 Å². The molecule has 0 saturated heterocycles. The smallest absolute Gasteiger partial charge is 0.240 e. The first-order valence-corrected chi connectivity index (χ1v) is 6.14. The normalized spacial score (nSPS) is 17.7. The molecule has 1 aromatic carbocycles. The van der Waals surface area contributed by atoms with Crippen LogP contribution < -0.4 is 5.73 Å². The van der Waals surface area contributed by atoms with E-state index >= 15 is 0 Å². The van der Waals surface area contributed by atoms with Crippen LogP contribution in [0.5, 0.6) is 0 Å². The number of fused-ring (bicyclic) bond motifs is 1. The van der Waals surface area contributed by atoms with E-state index in [1.807, 2.05) is 24.3 Å². The molecule has 5 nitrogen and oxygen atoms in total. The first-order chi connectivity index (χ1) is 8.99. The third kappa shape index (κ3) is 2.81. The van der Waals surface area contributed by atoms with Gasteiger partial charge in [0.25, 0.3) is 0 Å². The van der Waals surface area contributed by atoms with Gasteiger partial charge in [0.15, 0.2) is 0 Å². The maximum absolute atomic E-state index is 12.0. The van der Waals surface area contributed by atoms with Crippen LogP contribution in [-0.2, 0) is 27.3 Å². The van der Waals surface area contributed by atoms with Crippen molar-refractivity contribution in [2.75, 3.05) is 0 Å². The van der Waals surface area contributed by atoms with Crippen LogP contribution in [0.1, 0.15) is 24.5 Å². The molecule has 0 unspecified atom stereocenters. The first kappa shape index (κ1) is 13.3. The lowest BCUT2D eigenvalue weighted by atomic mass is 9.93. The third-order valence-electron chi connectivity index (χ3n) is 3.30. The van der Waals surface area contributed by atoms with Crippen molar-refractivity contribution in [3.63, 3.8) is 0 Å². The number of Topliss-reactive ketones (excluding diaryl/α,β-unsaturated/α-hetero) is 1. The van der Waals surface area contributed by atoms with Crippen LogP contribution in [-0.4, -0.2) is 28.5 Å². The Kier molecular flexibility index (Phi) is 3.64. The highest BCUT2D eigenvalue weighted by Gasteiger charge is 2.33. The summed E-state index contributed by atoms with van der Waals surface area (Å²) in [5.41, 5.74) is 7.39. The fourth-order valence-corrected chi connectivity index (χ4v) is 2.35. The second kappa shape index (κ2) is 5.22. The molecule has 2 amide bonds. The van der Waals surface area contributed by atoms with Crippen LogP contribution in [0.2, 0.25) is 0 Å². The van der Waals surface area contributed by atoms with E-state index in [1.165, 1.54) is 11.8 Å². The number of rotatable bonds is 3. The van der Waals surface area contributed by atoms with E-state index in [-0.39, 0.29) is 18.1 Å². The average molecular weight is 260 g/mol. The van der Waals surface area contributed by atoms with E-state index in [0.29, 0.717) is 13.0 Å². The molecule has 1 heterocycles.